The molecule has 7 heteroatoms. The largest absolute Gasteiger partial charge is 0.505 e. The number of allylic oxidation sites excluding steroid dienone is 1. The Kier molecular flexibility index (Phi) is 6.71. The number of esters is 1. The Labute approximate surface area is 136 Å². The fraction of sp³-hybridized carbons (Fsp3) is 0.438. The van der Waals surface area contributed by atoms with Crippen molar-refractivity contribution < 1.29 is 19.7 Å². The van der Waals surface area contributed by atoms with Crippen molar-refractivity contribution >= 4 is 23.0 Å². The maximum atomic E-state index is 11.5. The first-order chi connectivity index (χ1) is 10.9. The van der Waals surface area contributed by atoms with Crippen LogP contribution in [0.15, 0.2) is 11.6 Å². The molecule has 1 aromatic rings. The molecule has 0 spiro atoms. The number of aliphatic hydroxyl groups excluding tert-OH is 1. The second-order valence-corrected chi connectivity index (χ2v) is 5.04. The van der Waals surface area contributed by atoms with Gasteiger partial charge in [-0.05, 0) is 13.3 Å². The summed E-state index contributed by atoms with van der Waals surface area (Å²) in [6.07, 6.45) is 2.19. The Morgan fingerprint density at radius 1 is 1.09 bits per heavy atom. The lowest BCUT2D eigenvalue weighted by Gasteiger charge is -2.22. The smallest absolute Gasteiger partial charge is 0.308 e. The van der Waals surface area contributed by atoms with Gasteiger partial charge in [-0.25, -0.2) is 0 Å². The number of benzene rings is 1. The maximum absolute atomic E-state index is 11.5. The third-order valence-electron chi connectivity index (χ3n) is 3.43. The molecule has 0 aromatic heterocycles. The first-order valence-corrected chi connectivity index (χ1v) is 7.31. The van der Waals surface area contributed by atoms with Gasteiger partial charge in [-0.2, -0.15) is 0 Å². The van der Waals surface area contributed by atoms with Gasteiger partial charge in [0.2, 0.25) is 0 Å². The minimum absolute atomic E-state index is 0.0547. The number of aliphatic hydroxyl groups is 1. The molecule has 0 aliphatic carbocycles. The lowest BCUT2D eigenvalue weighted by atomic mass is 10.0. The summed E-state index contributed by atoms with van der Waals surface area (Å²) in [5, 5.41) is 28.6. The average Bonchev–Trinajstić information content (AvgIpc) is 2.53. The molecule has 0 amide bonds. The van der Waals surface area contributed by atoms with Gasteiger partial charge in [0.1, 0.15) is 17.1 Å². The molecule has 0 atom stereocenters. The van der Waals surface area contributed by atoms with Crippen LogP contribution >= 0.6 is 0 Å². The molecule has 0 saturated heterocycles. The van der Waals surface area contributed by atoms with Crippen molar-refractivity contribution in [1.82, 2.24) is 0 Å². The lowest BCUT2D eigenvalue weighted by molar-refractivity contribution is -0.131. The zero-order valence-corrected chi connectivity index (χ0v) is 14.2. The van der Waals surface area contributed by atoms with Crippen LogP contribution in [0.2, 0.25) is 0 Å². The summed E-state index contributed by atoms with van der Waals surface area (Å²) in [6.45, 7) is 3.06. The molecule has 0 aliphatic rings. The SMILES string of the molecule is CNc1c(O)c(CC=C(C)CO)c(NC)c(OC(C)=O)c1NC. The van der Waals surface area contributed by atoms with Crippen LogP contribution in [0.25, 0.3) is 0 Å². The first kappa shape index (κ1) is 18.6. The second-order valence-electron chi connectivity index (χ2n) is 5.04. The van der Waals surface area contributed by atoms with E-state index in [0.717, 1.165) is 5.57 Å². The third-order valence-corrected chi connectivity index (χ3v) is 3.43. The predicted octanol–water partition coefficient (Wildman–Crippen LogP) is 1.92. The van der Waals surface area contributed by atoms with Gasteiger partial charge in [-0.15, -0.1) is 0 Å². The zero-order chi connectivity index (χ0) is 17.6. The fourth-order valence-corrected chi connectivity index (χ4v) is 2.29. The molecule has 0 saturated carbocycles. The van der Waals surface area contributed by atoms with Crippen molar-refractivity contribution in [2.45, 2.75) is 20.3 Å². The highest BCUT2D eigenvalue weighted by atomic mass is 16.5. The van der Waals surface area contributed by atoms with E-state index in [1.807, 2.05) is 6.08 Å². The predicted molar refractivity (Wildman–Crippen MR) is 92.6 cm³/mol. The molecule has 0 bridgehead atoms. The van der Waals surface area contributed by atoms with Gasteiger partial charge in [-0.3, -0.25) is 4.79 Å². The van der Waals surface area contributed by atoms with Crippen LogP contribution in [-0.2, 0) is 11.2 Å². The van der Waals surface area contributed by atoms with Gasteiger partial charge >= 0.3 is 5.97 Å². The number of phenols is 1. The Morgan fingerprint density at radius 2 is 1.65 bits per heavy atom. The molecule has 0 aliphatic heterocycles. The fourth-order valence-electron chi connectivity index (χ4n) is 2.29. The van der Waals surface area contributed by atoms with E-state index >= 15 is 0 Å². The Morgan fingerprint density at radius 3 is 2.09 bits per heavy atom. The highest BCUT2D eigenvalue weighted by Gasteiger charge is 2.24. The summed E-state index contributed by atoms with van der Waals surface area (Å²) in [6, 6.07) is 0. The minimum Gasteiger partial charge on any atom is -0.505 e. The van der Waals surface area contributed by atoms with E-state index in [0.29, 0.717) is 34.8 Å². The molecule has 128 valence electrons. The van der Waals surface area contributed by atoms with Crippen molar-refractivity contribution in [3.05, 3.63) is 17.2 Å². The zero-order valence-electron chi connectivity index (χ0n) is 14.2. The van der Waals surface area contributed by atoms with Gasteiger partial charge in [0, 0.05) is 33.6 Å². The van der Waals surface area contributed by atoms with Gasteiger partial charge in [0.05, 0.1) is 12.3 Å². The molecule has 23 heavy (non-hydrogen) atoms. The molecule has 0 unspecified atom stereocenters. The van der Waals surface area contributed by atoms with Crippen LogP contribution < -0.4 is 20.7 Å². The number of nitrogens with one attached hydrogen (secondary N) is 3. The number of aromatic hydroxyl groups is 1. The summed E-state index contributed by atoms with van der Waals surface area (Å²) in [4.78, 5) is 11.5. The number of rotatable bonds is 7. The number of phenolic OH excluding ortho intramolecular Hbond substituents is 1. The minimum atomic E-state index is -0.459. The molecule has 0 heterocycles. The molecule has 1 aromatic carbocycles. The van der Waals surface area contributed by atoms with Gasteiger partial charge in [0.15, 0.2) is 5.75 Å². The normalized spacial score (nSPS) is 11.1. The van der Waals surface area contributed by atoms with Gasteiger partial charge in [0.25, 0.3) is 0 Å². The Bertz CT molecular complexity index is 612. The van der Waals surface area contributed by atoms with Gasteiger partial charge in [-0.1, -0.05) is 11.6 Å². The first-order valence-electron chi connectivity index (χ1n) is 7.31. The van der Waals surface area contributed by atoms with Crippen LogP contribution in [0.5, 0.6) is 11.5 Å². The molecular formula is C16H25N3O4. The van der Waals surface area contributed by atoms with Crippen molar-refractivity contribution in [3.8, 4) is 11.5 Å². The lowest BCUT2D eigenvalue weighted by Crippen LogP contribution is -2.11. The number of ether oxygens (including phenoxy) is 1. The van der Waals surface area contributed by atoms with Crippen LogP contribution in [-0.4, -0.2) is 43.9 Å². The third kappa shape index (κ3) is 4.07. The molecule has 5 N–H and O–H groups in total. The molecule has 0 radical (unpaired) electrons. The summed E-state index contributed by atoms with van der Waals surface area (Å²) in [5.41, 5.74) is 2.79. The standard InChI is InChI=1S/C16H25N3O4/c1-9(8-20)6-7-11-12(17-3)16(23-10(2)21)14(19-5)13(18-4)15(11)22/h6,17-20,22H,7-8H2,1-5H3. The van der Waals surface area contributed by atoms with E-state index in [9.17, 15) is 9.90 Å². The molecular weight excluding hydrogens is 298 g/mol. The topological polar surface area (TPSA) is 103 Å². The monoisotopic (exact) mass is 323 g/mol. The van der Waals surface area contributed by atoms with Crippen molar-refractivity contribution in [2.75, 3.05) is 43.7 Å². The van der Waals surface area contributed by atoms with E-state index in [2.05, 4.69) is 16.0 Å². The Balaban J connectivity index is 3.63. The average molecular weight is 323 g/mol. The number of hydrogen-bond donors (Lipinski definition) is 5. The van der Waals surface area contributed by atoms with Crippen molar-refractivity contribution in [3.63, 3.8) is 0 Å². The molecule has 1 rings (SSSR count). The van der Waals surface area contributed by atoms with Gasteiger partial charge < -0.3 is 30.9 Å². The van der Waals surface area contributed by atoms with Crippen LogP contribution in [0.4, 0.5) is 17.1 Å². The summed E-state index contributed by atoms with van der Waals surface area (Å²) < 4.78 is 5.34. The number of carbonyl (C=O) groups excluding carboxylic acids is 1. The van der Waals surface area contributed by atoms with Crippen LogP contribution in [0.3, 0.4) is 0 Å². The quantitative estimate of drug-likeness (QED) is 0.226. The summed E-state index contributed by atoms with van der Waals surface area (Å²) in [5.74, 6) is -0.0902. The second kappa shape index (κ2) is 8.28. The van der Waals surface area contributed by atoms with E-state index in [1.165, 1.54) is 6.92 Å². The summed E-state index contributed by atoms with van der Waals surface area (Å²) in [7, 11) is 5.04. The molecule has 7 nitrogen and oxygen atoms in total. The van der Waals surface area contributed by atoms with Crippen molar-refractivity contribution in [2.24, 2.45) is 0 Å². The number of carbonyl (C=O) groups is 1. The Hall–Kier alpha value is -2.41. The summed E-state index contributed by atoms with van der Waals surface area (Å²) >= 11 is 0. The maximum Gasteiger partial charge on any atom is 0.308 e. The number of anilines is 3. The van der Waals surface area contributed by atoms with E-state index in [1.54, 1.807) is 28.1 Å². The van der Waals surface area contributed by atoms with E-state index in [4.69, 9.17) is 9.84 Å². The van der Waals surface area contributed by atoms with Crippen LogP contribution in [0, 0.1) is 0 Å². The highest BCUT2D eigenvalue weighted by Crippen LogP contribution is 2.49. The number of hydrogen-bond acceptors (Lipinski definition) is 7. The van der Waals surface area contributed by atoms with E-state index < -0.39 is 5.97 Å². The van der Waals surface area contributed by atoms with E-state index in [-0.39, 0.29) is 12.4 Å². The van der Waals surface area contributed by atoms with Crippen LogP contribution in [0.1, 0.15) is 19.4 Å². The highest BCUT2D eigenvalue weighted by molar-refractivity contribution is 5.92. The van der Waals surface area contributed by atoms with Crippen molar-refractivity contribution in [1.29, 1.82) is 0 Å². The molecule has 0 fully saturated rings.